The van der Waals surface area contributed by atoms with Crippen LogP contribution in [0.25, 0.3) is 0 Å². The number of piperidine rings is 1. The number of ether oxygens (including phenoxy) is 1. The Labute approximate surface area is 201 Å². The molecule has 1 saturated heterocycles. The number of aryl methyl sites for hydroxylation is 1. The minimum absolute atomic E-state index is 0.106. The van der Waals surface area contributed by atoms with Crippen molar-refractivity contribution in [1.29, 1.82) is 0 Å². The molecule has 1 N–H and O–H groups in total. The lowest BCUT2D eigenvalue weighted by molar-refractivity contribution is -0.384. The Hall–Kier alpha value is -4.02. The van der Waals surface area contributed by atoms with E-state index in [-0.39, 0.29) is 34.8 Å². The van der Waals surface area contributed by atoms with E-state index in [1.54, 1.807) is 11.8 Å². The first-order valence-electron chi connectivity index (χ1n) is 11.4. The molecule has 2 aliphatic rings. The summed E-state index contributed by atoms with van der Waals surface area (Å²) in [6.07, 6.45) is 3.10. The quantitative estimate of drug-likeness (QED) is 0.392. The minimum Gasteiger partial charge on any atom is -0.469 e. The van der Waals surface area contributed by atoms with Crippen LogP contribution in [0.1, 0.15) is 63.5 Å². The van der Waals surface area contributed by atoms with Gasteiger partial charge < -0.3 is 14.1 Å². The van der Waals surface area contributed by atoms with Gasteiger partial charge in [-0.2, -0.15) is 5.10 Å². The highest BCUT2D eigenvalue weighted by molar-refractivity contribution is 6.07. The summed E-state index contributed by atoms with van der Waals surface area (Å²) in [5.74, 6) is -0.265. The molecule has 0 saturated carbocycles. The third-order valence-electron chi connectivity index (χ3n) is 6.47. The number of nitro benzene ring substituents is 1. The summed E-state index contributed by atoms with van der Waals surface area (Å²) < 4.78 is 10.8. The number of carbonyl (C=O) groups excluding carboxylic acids is 3. The fourth-order valence-corrected chi connectivity index (χ4v) is 4.53. The molecular weight excluding hydrogens is 456 g/mol. The second-order valence-electron chi connectivity index (χ2n) is 8.60. The first kappa shape index (κ1) is 24.1. The number of fused-ring (bicyclic) bond motifs is 1. The molecule has 1 aliphatic carbocycles. The van der Waals surface area contributed by atoms with Gasteiger partial charge in [0.05, 0.1) is 23.7 Å². The highest BCUT2D eigenvalue weighted by Crippen LogP contribution is 2.31. The van der Waals surface area contributed by atoms with E-state index in [0.717, 1.165) is 12.0 Å². The average molecular weight is 482 g/mol. The molecular formula is C24H26N4O7. The van der Waals surface area contributed by atoms with Gasteiger partial charge in [0.15, 0.2) is 5.76 Å². The summed E-state index contributed by atoms with van der Waals surface area (Å²) in [5, 5.41) is 15.1. The topological polar surface area (TPSA) is 144 Å². The molecule has 1 aromatic heterocycles. The number of benzene rings is 1. The number of rotatable bonds is 5. The Kier molecular flexibility index (Phi) is 6.94. The van der Waals surface area contributed by atoms with Gasteiger partial charge in [-0.3, -0.25) is 24.5 Å². The molecule has 0 spiro atoms. The van der Waals surface area contributed by atoms with Crippen LogP contribution in [0, 0.1) is 23.0 Å². The zero-order valence-electron chi connectivity index (χ0n) is 19.5. The molecule has 11 heteroatoms. The zero-order valence-corrected chi connectivity index (χ0v) is 19.5. The first-order valence-corrected chi connectivity index (χ1v) is 11.4. The van der Waals surface area contributed by atoms with Crippen molar-refractivity contribution in [2.24, 2.45) is 11.0 Å². The van der Waals surface area contributed by atoms with Gasteiger partial charge >= 0.3 is 5.97 Å². The average Bonchev–Trinajstić information content (AvgIpc) is 3.23. The maximum atomic E-state index is 13.2. The van der Waals surface area contributed by atoms with E-state index in [9.17, 15) is 24.5 Å². The first-order chi connectivity index (χ1) is 16.8. The molecule has 0 unspecified atom stereocenters. The number of nitrogens with zero attached hydrogens (tertiary/aromatic N) is 3. The fourth-order valence-electron chi connectivity index (χ4n) is 4.53. The number of carbonyl (C=O) groups is 3. The molecule has 1 aliphatic heterocycles. The van der Waals surface area contributed by atoms with Crippen molar-refractivity contribution >= 4 is 29.2 Å². The van der Waals surface area contributed by atoms with E-state index in [4.69, 9.17) is 9.15 Å². The van der Waals surface area contributed by atoms with Crippen LogP contribution in [0.2, 0.25) is 0 Å². The molecule has 11 nitrogen and oxygen atoms in total. The number of non-ortho nitro benzene ring substituents is 1. The maximum absolute atomic E-state index is 13.2. The number of methoxy groups -OCH3 is 1. The van der Waals surface area contributed by atoms with Gasteiger partial charge in [0, 0.05) is 48.3 Å². The molecule has 35 heavy (non-hydrogen) atoms. The lowest BCUT2D eigenvalue weighted by atomic mass is 9.93. The van der Waals surface area contributed by atoms with E-state index < -0.39 is 10.8 Å². The van der Waals surface area contributed by atoms with Crippen LogP contribution in [0.5, 0.6) is 0 Å². The maximum Gasteiger partial charge on any atom is 0.308 e. The highest BCUT2D eigenvalue weighted by atomic mass is 16.6. The summed E-state index contributed by atoms with van der Waals surface area (Å²) in [6, 6.07) is 5.24. The van der Waals surface area contributed by atoms with Crippen LogP contribution in [0.4, 0.5) is 5.69 Å². The van der Waals surface area contributed by atoms with Crippen LogP contribution in [0.3, 0.4) is 0 Å². The highest BCUT2D eigenvalue weighted by Gasteiger charge is 2.33. The molecule has 0 bridgehead atoms. The Bertz CT molecular complexity index is 1190. The van der Waals surface area contributed by atoms with Crippen LogP contribution in [0.15, 0.2) is 33.8 Å². The smallest absolute Gasteiger partial charge is 0.308 e. The second-order valence-corrected chi connectivity index (χ2v) is 8.60. The molecule has 2 heterocycles. The van der Waals surface area contributed by atoms with Crippen molar-refractivity contribution in [3.63, 3.8) is 0 Å². The Morgan fingerprint density at radius 1 is 1.17 bits per heavy atom. The van der Waals surface area contributed by atoms with Crippen molar-refractivity contribution < 1.29 is 28.5 Å². The molecule has 0 atom stereocenters. The molecule has 2 amide bonds. The number of hydrogen-bond donors (Lipinski definition) is 1. The van der Waals surface area contributed by atoms with Gasteiger partial charge in [-0.1, -0.05) is 0 Å². The number of nitro groups is 1. The van der Waals surface area contributed by atoms with Gasteiger partial charge in [-0.25, -0.2) is 5.43 Å². The van der Waals surface area contributed by atoms with Gasteiger partial charge in [0.2, 0.25) is 0 Å². The number of amides is 2. The number of furan rings is 1. The van der Waals surface area contributed by atoms with Crippen LogP contribution >= 0.6 is 0 Å². The Morgan fingerprint density at radius 3 is 2.49 bits per heavy atom. The SMILES string of the molecule is COC(=O)C1CCN(C(=O)c2oc3c(c2C)/C(=N/NC(=O)c2ccc([N+](=O)[O-])cc2)CCC3)CC1. The molecule has 0 radical (unpaired) electrons. The molecule has 4 rings (SSSR count). The molecule has 1 fully saturated rings. The van der Waals surface area contributed by atoms with Gasteiger partial charge in [-0.15, -0.1) is 0 Å². The molecule has 184 valence electrons. The number of likely N-dealkylation sites (tertiary alicyclic amines) is 1. The normalized spacial score (nSPS) is 17.1. The third-order valence-corrected chi connectivity index (χ3v) is 6.47. The van der Waals surface area contributed by atoms with Crippen LogP contribution < -0.4 is 5.43 Å². The van der Waals surface area contributed by atoms with Gasteiger partial charge in [0.1, 0.15) is 5.76 Å². The standard InChI is InChI=1S/C24H26N4O7/c1-14-20-18(25-26-22(29)15-6-8-17(9-7-15)28(32)33)4-3-5-19(20)35-21(14)23(30)27-12-10-16(11-13-27)24(31)34-2/h6-9,16H,3-5,10-13H2,1-2H3,(H,26,29)/b25-18+. The predicted octanol–water partition coefficient (Wildman–Crippen LogP) is 2.99. The predicted molar refractivity (Wildman–Crippen MR) is 124 cm³/mol. The molecule has 1 aromatic carbocycles. The van der Waals surface area contributed by atoms with Gasteiger partial charge in [-0.05, 0) is 44.7 Å². The van der Waals surface area contributed by atoms with E-state index in [1.165, 1.54) is 31.4 Å². The van der Waals surface area contributed by atoms with Crippen molar-refractivity contribution in [3.05, 3.63) is 62.6 Å². The monoisotopic (exact) mass is 482 g/mol. The zero-order chi connectivity index (χ0) is 25.1. The number of hydrazone groups is 1. The summed E-state index contributed by atoms with van der Waals surface area (Å²) in [5.41, 5.74) is 4.66. The Balaban J connectivity index is 1.49. The van der Waals surface area contributed by atoms with E-state index in [2.05, 4.69) is 10.5 Å². The lowest BCUT2D eigenvalue weighted by Gasteiger charge is -2.30. The summed E-state index contributed by atoms with van der Waals surface area (Å²) >= 11 is 0. The van der Waals surface area contributed by atoms with Crippen molar-refractivity contribution in [2.75, 3.05) is 20.2 Å². The van der Waals surface area contributed by atoms with E-state index >= 15 is 0 Å². The number of hydrogen-bond acceptors (Lipinski definition) is 8. The second kappa shape index (κ2) is 10.1. The van der Waals surface area contributed by atoms with Crippen molar-refractivity contribution in [1.82, 2.24) is 10.3 Å². The van der Waals surface area contributed by atoms with E-state index in [1.807, 2.05) is 0 Å². The summed E-state index contributed by atoms with van der Waals surface area (Å²) in [6.45, 7) is 2.68. The molecule has 2 aromatic rings. The van der Waals surface area contributed by atoms with Gasteiger partial charge in [0.25, 0.3) is 17.5 Å². The lowest BCUT2D eigenvalue weighted by Crippen LogP contribution is -2.40. The summed E-state index contributed by atoms with van der Waals surface area (Å²) in [4.78, 5) is 49.4. The summed E-state index contributed by atoms with van der Waals surface area (Å²) in [7, 11) is 1.37. The fraction of sp³-hybridized carbons (Fsp3) is 0.417. The number of esters is 1. The third kappa shape index (κ3) is 4.93. The van der Waals surface area contributed by atoms with Crippen molar-refractivity contribution in [2.45, 2.75) is 39.0 Å². The van der Waals surface area contributed by atoms with Crippen LogP contribution in [-0.2, 0) is 16.0 Å². The largest absolute Gasteiger partial charge is 0.469 e. The van der Waals surface area contributed by atoms with Crippen molar-refractivity contribution in [3.8, 4) is 0 Å². The number of nitrogens with one attached hydrogen (secondary N) is 1. The van der Waals surface area contributed by atoms with Crippen LogP contribution in [-0.4, -0.2) is 53.5 Å². The minimum atomic E-state index is -0.534. The Morgan fingerprint density at radius 2 is 1.86 bits per heavy atom. The van der Waals surface area contributed by atoms with E-state index in [0.29, 0.717) is 55.8 Å².